The standard InChI is InChI=1S/C13H16N2O2/c1-2-3-12(16)15-10-4-5-11-9(8-10)6-7-14-13(11)17/h4-5,8H,2-3,6-7H2,1H3,(H,14,17)(H,15,16). The zero-order valence-corrected chi connectivity index (χ0v) is 9.88. The summed E-state index contributed by atoms with van der Waals surface area (Å²) in [5, 5.41) is 5.63. The molecule has 2 rings (SSSR count). The van der Waals surface area contributed by atoms with Crippen molar-refractivity contribution in [2.24, 2.45) is 0 Å². The van der Waals surface area contributed by atoms with E-state index in [1.165, 1.54) is 0 Å². The van der Waals surface area contributed by atoms with E-state index in [1.54, 1.807) is 12.1 Å². The molecule has 90 valence electrons. The monoisotopic (exact) mass is 232 g/mol. The summed E-state index contributed by atoms with van der Waals surface area (Å²) >= 11 is 0. The second-order valence-corrected chi connectivity index (χ2v) is 4.18. The molecule has 0 saturated heterocycles. The van der Waals surface area contributed by atoms with Gasteiger partial charge in [0.2, 0.25) is 5.91 Å². The Hall–Kier alpha value is -1.84. The average molecular weight is 232 g/mol. The lowest BCUT2D eigenvalue weighted by atomic mass is 10.00. The highest BCUT2D eigenvalue weighted by Crippen LogP contribution is 2.19. The summed E-state index contributed by atoms with van der Waals surface area (Å²) in [4.78, 5) is 23.0. The second kappa shape index (κ2) is 4.99. The highest BCUT2D eigenvalue weighted by Gasteiger charge is 2.16. The van der Waals surface area contributed by atoms with Gasteiger partial charge in [-0.3, -0.25) is 9.59 Å². The van der Waals surface area contributed by atoms with Crippen molar-refractivity contribution < 1.29 is 9.59 Å². The molecule has 0 aliphatic carbocycles. The van der Waals surface area contributed by atoms with Crippen LogP contribution in [0.3, 0.4) is 0 Å². The Labute approximate surface area is 100 Å². The summed E-state index contributed by atoms with van der Waals surface area (Å²) in [7, 11) is 0. The lowest BCUT2D eigenvalue weighted by Gasteiger charge is -2.17. The number of fused-ring (bicyclic) bond motifs is 1. The van der Waals surface area contributed by atoms with E-state index in [0.717, 1.165) is 24.1 Å². The molecule has 2 amide bonds. The highest BCUT2D eigenvalue weighted by molar-refractivity contribution is 5.98. The predicted molar refractivity (Wildman–Crippen MR) is 66.0 cm³/mol. The molecule has 1 aromatic rings. The van der Waals surface area contributed by atoms with Crippen LogP contribution in [0.2, 0.25) is 0 Å². The lowest BCUT2D eigenvalue weighted by Crippen LogP contribution is -2.31. The summed E-state index contributed by atoms with van der Waals surface area (Å²) in [6.45, 7) is 2.63. The Morgan fingerprint density at radius 3 is 3.06 bits per heavy atom. The highest BCUT2D eigenvalue weighted by atomic mass is 16.2. The molecule has 0 saturated carbocycles. The topological polar surface area (TPSA) is 58.2 Å². The molecular weight excluding hydrogens is 216 g/mol. The van der Waals surface area contributed by atoms with E-state index in [-0.39, 0.29) is 11.8 Å². The quantitative estimate of drug-likeness (QED) is 0.833. The third-order valence-corrected chi connectivity index (χ3v) is 2.79. The van der Waals surface area contributed by atoms with Crippen LogP contribution in [0, 0.1) is 0 Å². The fraction of sp³-hybridized carbons (Fsp3) is 0.385. The molecule has 0 bridgehead atoms. The molecule has 0 fully saturated rings. The van der Waals surface area contributed by atoms with Crippen molar-refractivity contribution in [1.29, 1.82) is 0 Å². The lowest BCUT2D eigenvalue weighted by molar-refractivity contribution is -0.116. The van der Waals surface area contributed by atoms with Gasteiger partial charge in [0.15, 0.2) is 0 Å². The molecule has 0 aromatic heterocycles. The molecule has 1 heterocycles. The van der Waals surface area contributed by atoms with Gasteiger partial charge in [0.05, 0.1) is 0 Å². The van der Waals surface area contributed by atoms with E-state index < -0.39 is 0 Å². The number of carbonyl (C=O) groups excluding carboxylic acids is 2. The minimum atomic E-state index is -0.0299. The molecule has 17 heavy (non-hydrogen) atoms. The van der Waals surface area contributed by atoms with Crippen LogP contribution < -0.4 is 10.6 Å². The molecule has 0 radical (unpaired) electrons. The largest absolute Gasteiger partial charge is 0.352 e. The number of benzene rings is 1. The minimum Gasteiger partial charge on any atom is -0.352 e. The maximum Gasteiger partial charge on any atom is 0.251 e. The van der Waals surface area contributed by atoms with E-state index in [0.29, 0.717) is 18.5 Å². The molecule has 4 nitrogen and oxygen atoms in total. The number of carbonyl (C=O) groups is 2. The van der Waals surface area contributed by atoms with Gasteiger partial charge >= 0.3 is 0 Å². The number of amides is 2. The van der Waals surface area contributed by atoms with Crippen LogP contribution in [0.4, 0.5) is 5.69 Å². The Morgan fingerprint density at radius 2 is 2.29 bits per heavy atom. The van der Waals surface area contributed by atoms with Gasteiger partial charge in [-0.1, -0.05) is 6.92 Å². The summed E-state index contributed by atoms with van der Waals surface area (Å²) in [5.74, 6) is -0.00889. The van der Waals surface area contributed by atoms with Crippen molar-refractivity contribution in [3.63, 3.8) is 0 Å². The predicted octanol–water partition coefficient (Wildman–Crippen LogP) is 1.71. The van der Waals surface area contributed by atoms with Crippen molar-refractivity contribution in [2.75, 3.05) is 11.9 Å². The molecule has 0 unspecified atom stereocenters. The second-order valence-electron chi connectivity index (χ2n) is 4.18. The van der Waals surface area contributed by atoms with Gasteiger partial charge in [-0.15, -0.1) is 0 Å². The Bertz CT molecular complexity index is 455. The van der Waals surface area contributed by atoms with E-state index in [1.807, 2.05) is 13.0 Å². The molecule has 2 N–H and O–H groups in total. The number of hydrogen-bond acceptors (Lipinski definition) is 2. The average Bonchev–Trinajstić information content (AvgIpc) is 2.29. The maximum absolute atomic E-state index is 11.5. The molecular formula is C13H16N2O2. The summed E-state index contributed by atoms with van der Waals surface area (Å²) < 4.78 is 0. The van der Waals surface area contributed by atoms with Crippen LogP contribution in [-0.4, -0.2) is 18.4 Å². The van der Waals surface area contributed by atoms with Gasteiger partial charge in [-0.05, 0) is 36.6 Å². The molecule has 1 aliphatic rings. The van der Waals surface area contributed by atoms with E-state index in [2.05, 4.69) is 10.6 Å². The minimum absolute atomic E-state index is 0.0210. The van der Waals surface area contributed by atoms with Crippen LogP contribution in [0.25, 0.3) is 0 Å². The fourth-order valence-corrected chi connectivity index (χ4v) is 1.96. The van der Waals surface area contributed by atoms with Crippen molar-refractivity contribution in [1.82, 2.24) is 5.32 Å². The summed E-state index contributed by atoms with van der Waals surface area (Å²) in [6.07, 6.45) is 2.18. The Kier molecular flexibility index (Phi) is 3.42. The first-order valence-electron chi connectivity index (χ1n) is 5.91. The van der Waals surface area contributed by atoms with Gasteiger partial charge in [-0.2, -0.15) is 0 Å². The van der Waals surface area contributed by atoms with Gasteiger partial charge in [0.25, 0.3) is 5.91 Å². The van der Waals surface area contributed by atoms with Crippen molar-refractivity contribution in [2.45, 2.75) is 26.2 Å². The van der Waals surface area contributed by atoms with E-state index in [4.69, 9.17) is 0 Å². The van der Waals surface area contributed by atoms with Crippen LogP contribution in [0.15, 0.2) is 18.2 Å². The third kappa shape index (κ3) is 2.64. The molecule has 0 atom stereocenters. The Balaban J connectivity index is 2.16. The number of rotatable bonds is 3. The van der Waals surface area contributed by atoms with Crippen LogP contribution in [0.1, 0.15) is 35.7 Å². The molecule has 4 heteroatoms. The summed E-state index contributed by atoms with van der Waals surface area (Å²) in [5.41, 5.74) is 2.49. The van der Waals surface area contributed by atoms with Gasteiger partial charge < -0.3 is 10.6 Å². The SMILES string of the molecule is CCCC(=O)Nc1ccc2c(c1)CCNC2=O. The van der Waals surface area contributed by atoms with Crippen LogP contribution in [0.5, 0.6) is 0 Å². The third-order valence-electron chi connectivity index (χ3n) is 2.79. The first-order chi connectivity index (χ1) is 8.20. The zero-order valence-electron chi connectivity index (χ0n) is 9.88. The van der Waals surface area contributed by atoms with Gasteiger partial charge in [0.1, 0.15) is 0 Å². The van der Waals surface area contributed by atoms with Gasteiger partial charge in [0, 0.05) is 24.2 Å². The smallest absolute Gasteiger partial charge is 0.251 e. The van der Waals surface area contributed by atoms with Crippen molar-refractivity contribution >= 4 is 17.5 Å². The molecule has 1 aliphatic heterocycles. The van der Waals surface area contributed by atoms with E-state index >= 15 is 0 Å². The van der Waals surface area contributed by atoms with Crippen LogP contribution >= 0.6 is 0 Å². The fourth-order valence-electron chi connectivity index (χ4n) is 1.96. The summed E-state index contributed by atoms with van der Waals surface area (Å²) in [6, 6.07) is 5.43. The van der Waals surface area contributed by atoms with Crippen LogP contribution in [-0.2, 0) is 11.2 Å². The number of hydrogen-bond donors (Lipinski definition) is 2. The molecule has 0 spiro atoms. The van der Waals surface area contributed by atoms with Crippen molar-refractivity contribution in [3.05, 3.63) is 29.3 Å². The Morgan fingerprint density at radius 1 is 1.47 bits per heavy atom. The first-order valence-corrected chi connectivity index (χ1v) is 5.91. The van der Waals surface area contributed by atoms with Crippen molar-refractivity contribution in [3.8, 4) is 0 Å². The van der Waals surface area contributed by atoms with E-state index in [9.17, 15) is 9.59 Å². The van der Waals surface area contributed by atoms with Gasteiger partial charge in [-0.25, -0.2) is 0 Å². The number of anilines is 1. The normalized spacial score (nSPS) is 13.8. The zero-order chi connectivity index (χ0) is 12.3. The molecule has 1 aromatic carbocycles. The maximum atomic E-state index is 11.5. The number of nitrogens with one attached hydrogen (secondary N) is 2. The first kappa shape index (κ1) is 11.6.